The van der Waals surface area contributed by atoms with Gasteiger partial charge in [0.2, 0.25) is 0 Å². The van der Waals surface area contributed by atoms with Gasteiger partial charge in [-0.3, -0.25) is 15.7 Å². The Balaban J connectivity index is 1.45. The van der Waals surface area contributed by atoms with Crippen molar-refractivity contribution in [3.05, 3.63) is 60.9 Å². The van der Waals surface area contributed by atoms with Crippen molar-refractivity contribution in [2.75, 3.05) is 10.6 Å². The molecule has 1 aromatic carbocycles. The quantitative estimate of drug-likeness (QED) is 0.479. The monoisotopic (exact) mass is 388 g/mol. The molecule has 0 atom stereocenters. The molecule has 3 N–H and O–H groups in total. The second-order valence-electron chi connectivity index (χ2n) is 6.68. The molecule has 0 saturated heterocycles. The molecular weight excluding hydrogens is 368 g/mol. The van der Waals surface area contributed by atoms with Gasteiger partial charge in [0.15, 0.2) is 5.82 Å². The van der Waals surface area contributed by atoms with Crippen molar-refractivity contribution in [2.24, 2.45) is 0 Å². The van der Waals surface area contributed by atoms with Crippen molar-refractivity contribution in [1.29, 1.82) is 0 Å². The highest BCUT2D eigenvalue weighted by atomic mass is 16.2. The summed E-state index contributed by atoms with van der Waals surface area (Å²) in [6, 6.07) is 16.6. The van der Waals surface area contributed by atoms with E-state index in [4.69, 9.17) is 0 Å². The van der Waals surface area contributed by atoms with E-state index in [0.717, 1.165) is 11.3 Å². The van der Waals surface area contributed by atoms with Crippen LogP contribution in [-0.2, 0) is 0 Å². The van der Waals surface area contributed by atoms with Gasteiger partial charge in [-0.25, -0.2) is 9.78 Å². The Morgan fingerprint density at radius 2 is 1.86 bits per heavy atom. The lowest BCUT2D eigenvalue weighted by Gasteiger charge is -2.10. The highest BCUT2D eigenvalue weighted by Gasteiger charge is 2.13. The summed E-state index contributed by atoms with van der Waals surface area (Å²) < 4.78 is 1.92. The van der Waals surface area contributed by atoms with Crippen LogP contribution in [-0.4, -0.2) is 36.0 Å². The van der Waals surface area contributed by atoms with E-state index in [-0.39, 0.29) is 6.04 Å². The number of aromatic nitrogens is 6. The Morgan fingerprint density at radius 1 is 1.03 bits per heavy atom. The number of nitrogens with zero attached hydrogens (tertiary/aromatic N) is 5. The Kier molecular flexibility index (Phi) is 5.02. The second kappa shape index (κ2) is 7.93. The van der Waals surface area contributed by atoms with E-state index in [1.54, 1.807) is 24.5 Å². The number of carbonyl (C=O) groups is 1. The molecule has 0 aliphatic carbocycles. The minimum absolute atomic E-state index is 0.195. The van der Waals surface area contributed by atoms with Crippen molar-refractivity contribution in [3.63, 3.8) is 0 Å². The zero-order chi connectivity index (χ0) is 20.2. The van der Waals surface area contributed by atoms with Gasteiger partial charge in [-0.05, 0) is 26.0 Å². The number of hydrogen-bond acceptors (Lipinski definition) is 5. The molecular formula is C20H20N8O. The topological polar surface area (TPSA) is 113 Å². The van der Waals surface area contributed by atoms with Crippen LogP contribution >= 0.6 is 0 Å². The molecule has 3 aromatic heterocycles. The van der Waals surface area contributed by atoms with Crippen molar-refractivity contribution in [3.8, 4) is 22.8 Å². The van der Waals surface area contributed by atoms with Crippen LogP contribution in [0.1, 0.15) is 19.9 Å². The number of nitrogens with one attached hydrogen (secondary N) is 3. The van der Waals surface area contributed by atoms with Gasteiger partial charge < -0.3 is 4.57 Å². The molecule has 4 aromatic rings. The standard InChI is InChI=1S/C20H20N8O/c1-13(2)28-12-21-27-19(28)15-9-6-10-17(22-15)23-20(29)24-18-11-16(25-26-18)14-7-4-3-5-8-14/h3-13H,1-2H3,(H3,22,23,24,25,26,29). The lowest BCUT2D eigenvalue weighted by atomic mass is 10.2. The summed E-state index contributed by atoms with van der Waals surface area (Å²) in [5, 5.41) is 20.6. The molecule has 146 valence electrons. The number of urea groups is 1. The first-order chi connectivity index (χ1) is 14.1. The molecule has 0 bridgehead atoms. The minimum atomic E-state index is -0.428. The highest BCUT2D eigenvalue weighted by molar-refractivity contribution is 5.98. The lowest BCUT2D eigenvalue weighted by molar-refractivity contribution is 0.262. The summed E-state index contributed by atoms with van der Waals surface area (Å²) in [6.07, 6.45) is 1.66. The number of rotatable bonds is 5. The van der Waals surface area contributed by atoms with Gasteiger partial charge >= 0.3 is 6.03 Å². The summed E-state index contributed by atoms with van der Waals surface area (Å²) in [4.78, 5) is 16.8. The predicted molar refractivity (Wildman–Crippen MR) is 110 cm³/mol. The van der Waals surface area contributed by atoms with Gasteiger partial charge in [0.1, 0.15) is 23.7 Å². The zero-order valence-electron chi connectivity index (χ0n) is 16.0. The van der Waals surface area contributed by atoms with Gasteiger partial charge in [0.25, 0.3) is 0 Å². The van der Waals surface area contributed by atoms with Crippen LogP contribution in [0.25, 0.3) is 22.8 Å². The van der Waals surface area contributed by atoms with Crippen molar-refractivity contribution in [2.45, 2.75) is 19.9 Å². The molecule has 0 radical (unpaired) electrons. The number of amides is 2. The average Bonchev–Trinajstić information content (AvgIpc) is 3.38. The molecule has 0 unspecified atom stereocenters. The van der Waals surface area contributed by atoms with Crippen LogP contribution in [0.2, 0.25) is 0 Å². The largest absolute Gasteiger partial charge is 0.326 e. The number of aromatic amines is 1. The Morgan fingerprint density at radius 3 is 2.66 bits per heavy atom. The van der Waals surface area contributed by atoms with Crippen LogP contribution in [0.5, 0.6) is 0 Å². The molecule has 0 aliphatic heterocycles. The van der Waals surface area contributed by atoms with Crippen LogP contribution in [0.3, 0.4) is 0 Å². The number of hydrogen-bond donors (Lipinski definition) is 3. The first kappa shape index (κ1) is 18.4. The fourth-order valence-corrected chi connectivity index (χ4v) is 2.85. The summed E-state index contributed by atoms with van der Waals surface area (Å²) >= 11 is 0. The number of benzene rings is 1. The fourth-order valence-electron chi connectivity index (χ4n) is 2.85. The third-order valence-corrected chi connectivity index (χ3v) is 4.24. The molecule has 9 nitrogen and oxygen atoms in total. The maximum Gasteiger partial charge on any atom is 0.326 e. The molecule has 29 heavy (non-hydrogen) atoms. The van der Waals surface area contributed by atoms with Gasteiger partial charge in [-0.2, -0.15) is 5.10 Å². The summed E-state index contributed by atoms with van der Waals surface area (Å²) in [5.74, 6) is 1.53. The maximum atomic E-state index is 12.4. The third-order valence-electron chi connectivity index (χ3n) is 4.24. The molecule has 0 aliphatic rings. The summed E-state index contributed by atoms with van der Waals surface area (Å²) in [6.45, 7) is 4.08. The average molecular weight is 388 g/mol. The van der Waals surface area contributed by atoms with Crippen molar-refractivity contribution < 1.29 is 4.79 Å². The smallest absolute Gasteiger partial charge is 0.310 e. The van der Waals surface area contributed by atoms with Crippen LogP contribution in [0.4, 0.5) is 16.4 Å². The Bertz CT molecular complexity index is 1120. The number of carbonyl (C=O) groups excluding carboxylic acids is 1. The number of H-pyrrole nitrogens is 1. The van der Waals surface area contributed by atoms with Crippen LogP contribution < -0.4 is 10.6 Å². The van der Waals surface area contributed by atoms with Crippen molar-refractivity contribution in [1.82, 2.24) is 29.9 Å². The first-order valence-corrected chi connectivity index (χ1v) is 9.16. The van der Waals surface area contributed by atoms with E-state index in [9.17, 15) is 4.79 Å². The van der Waals surface area contributed by atoms with Crippen molar-refractivity contribution >= 4 is 17.7 Å². The van der Waals surface area contributed by atoms with E-state index in [0.29, 0.717) is 23.2 Å². The van der Waals surface area contributed by atoms with E-state index in [1.807, 2.05) is 54.8 Å². The van der Waals surface area contributed by atoms with Crippen LogP contribution in [0.15, 0.2) is 60.9 Å². The Hall–Kier alpha value is -4.01. The van der Waals surface area contributed by atoms with Gasteiger partial charge in [0, 0.05) is 17.7 Å². The van der Waals surface area contributed by atoms with E-state index in [1.165, 1.54) is 0 Å². The van der Waals surface area contributed by atoms with E-state index >= 15 is 0 Å². The number of pyridine rings is 1. The zero-order valence-corrected chi connectivity index (χ0v) is 16.0. The molecule has 0 saturated carbocycles. The molecule has 4 rings (SSSR count). The first-order valence-electron chi connectivity index (χ1n) is 9.16. The molecule has 3 heterocycles. The van der Waals surface area contributed by atoms with Crippen LogP contribution in [0, 0.1) is 0 Å². The van der Waals surface area contributed by atoms with Gasteiger partial charge in [-0.15, -0.1) is 10.2 Å². The normalized spacial score (nSPS) is 10.9. The summed E-state index contributed by atoms with van der Waals surface area (Å²) in [7, 11) is 0. The molecule has 0 spiro atoms. The second-order valence-corrected chi connectivity index (χ2v) is 6.68. The maximum absolute atomic E-state index is 12.4. The molecule has 0 fully saturated rings. The highest BCUT2D eigenvalue weighted by Crippen LogP contribution is 2.21. The molecule has 2 amide bonds. The van der Waals surface area contributed by atoms with E-state index in [2.05, 4.69) is 36.0 Å². The Labute approximate surface area is 167 Å². The summed E-state index contributed by atoms with van der Waals surface area (Å²) in [5.41, 5.74) is 2.33. The predicted octanol–water partition coefficient (Wildman–Crippen LogP) is 3.96. The van der Waals surface area contributed by atoms with Gasteiger partial charge in [0.05, 0.1) is 5.69 Å². The fraction of sp³-hybridized carbons (Fsp3) is 0.150. The third kappa shape index (κ3) is 4.13. The SMILES string of the molecule is CC(C)n1cnnc1-c1cccc(NC(=O)Nc2cc(-c3ccccc3)n[nH]2)n1. The lowest BCUT2D eigenvalue weighted by Crippen LogP contribution is -2.20. The number of anilines is 2. The van der Waals surface area contributed by atoms with Gasteiger partial charge in [-0.1, -0.05) is 36.4 Å². The molecule has 9 heteroatoms. The minimum Gasteiger partial charge on any atom is -0.310 e. The van der Waals surface area contributed by atoms with E-state index < -0.39 is 6.03 Å².